The van der Waals surface area contributed by atoms with Crippen LogP contribution in [0.4, 0.5) is 0 Å². The molecule has 1 N–H and O–H groups in total. The molecule has 0 radical (unpaired) electrons. The van der Waals surface area contributed by atoms with Gasteiger partial charge in [-0.25, -0.2) is 0 Å². The van der Waals surface area contributed by atoms with Crippen molar-refractivity contribution in [1.29, 1.82) is 0 Å². The molecule has 1 nitrogen and oxygen atoms in total. The van der Waals surface area contributed by atoms with E-state index in [4.69, 9.17) is 0 Å². The van der Waals surface area contributed by atoms with Gasteiger partial charge in [0, 0.05) is 10.5 Å². The molecule has 1 aromatic carbocycles. The lowest BCUT2D eigenvalue weighted by Gasteiger charge is -2.23. The van der Waals surface area contributed by atoms with Gasteiger partial charge in [-0.2, -0.15) is 0 Å². The second-order valence-electron chi connectivity index (χ2n) is 4.89. The van der Waals surface area contributed by atoms with Gasteiger partial charge in [-0.05, 0) is 50.4 Å². The van der Waals surface area contributed by atoms with Crippen molar-refractivity contribution in [2.45, 2.75) is 38.6 Å². The molecule has 1 aliphatic rings. The van der Waals surface area contributed by atoms with E-state index < -0.39 is 0 Å². The lowest BCUT2D eigenvalue weighted by Crippen LogP contribution is -2.33. The third kappa shape index (κ3) is 4.29. The van der Waals surface area contributed by atoms with E-state index in [1.54, 1.807) is 0 Å². The Morgan fingerprint density at radius 3 is 2.76 bits per heavy atom. The van der Waals surface area contributed by atoms with Gasteiger partial charge >= 0.3 is 0 Å². The van der Waals surface area contributed by atoms with E-state index in [2.05, 4.69) is 58.5 Å². The Labute approximate surface area is 112 Å². The third-order valence-corrected chi connectivity index (χ3v) is 3.79. The van der Waals surface area contributed by atoms with E-state index in [1.807, 2.05) is 0 Å². The molecular weight excluding hydrogens is 274 g/mol. The summed E-state index contributed by atoms with van der Waals surface area (Å²) in [6, 6.07) is 9.19. The Bertz CT molecular complexity index is 374. The number of hydrogen-bond acceptors (Lipinski definition) is 1. The van der Waals surface area contributed by atoms with Crippen molar-refractivity contribution in [3.05, 3.63) is 39.9 Å². The maximum atomic E-state index is 3.60. The lowest BCUT2D eigenvalue weighted by molar-refractivity contribution is 0.399. The molecule has 0 aromatic heterocycles. The van der Waals surface area contributed by atoms with E-state index in [0.29, 0.717) is 6.04 Å². The minimum atomic E-state index is 0.690. The Hall–Kier alpha value is -0.600. The van der Waals surface area contributed by atoms with E-state index in [-0.39, 0.29) is 0 Å². The Kier molecular flexibility index (Phi) is 4.81. The van der Waals surface area contributed by atoms with Crippen molar-refractivity contribution in [3.63, 3.8) is 0 Å². The van der Waals surface area contributed by atoms with Gasteiger partial charge in [-0.15, -0.1) is 0 Å². The lowest BCUT2D eigenvalue weighted by atomic mass is 9.97. The van der Waals surface area contributed by atoms with Crippen molar-refractivity contribution in [3.8, 4) is 0 Å². The summed E-state index contributed by atoms with van der Waals surface area (Å²) in [5.74, 6) is 0. The zero-order valence-corrected chi connectivity index (χ0v) is 12.0. The van der Waals surface area contributed by atoms with Gasteiger partial charge in [0.15, 0.2) is 0 Å². The molecule has 1 unspecified atom stereocenters. The van der Waals surface area contributed by atoms with E-state index in [9.17, 15) is 0 Å². The summed E-state index contributed by atoms with van der Waals surface area (Å²) >= 11 is 3.46. The molecule has 0 bridgehead atoms. The highest BCUT2D eigenvalue weighted by molar-refractivity contribution is 9.10. The molecule has 1 saturated heterocycles. The van der Waals surface area contributed by atoms with Crippen LogP contribution in [0, 0.1) is 0 Å². The normalized spacial score (nSPS) is 21.5. The summed E-state index contributed by atoms with van der Waals surface area (Å²) in [6.07, 6.45) is 7.51. The molecular formula is C15H20BrN. The predicted octanol–water partition coefficient (Wildman–Crippen LogP) is 4.38. The molecule has 1 aliphatic heterocycles. The quantitative estimate of drug-likeness (QED) is 0.872. The van der Waals surface area contributed by atoms with Crippen LogP contribution in [-0.2, 0) is 0 Å². The number of piperidine rings is 1. The highest BCUT2D eigenvalue weighted by Gasteiger charge is 2.12. The SMILES string of the molecule is C/C(=C/c1ccc(Br)cc1)CC1CCCCN1. The molecule has 1 fully saturated rings. The minimum absolute atomic E-state index is 0.690. The van der Waals surface area contributed by atoms with Crippen molar-refractivity contribution in [2.24, 2.45) is 0 Å². The monoisotopic (exact) mass is 293 g/mol. The van der Waals surface area contributed by atoms with Gasteiger partial charge in [0.05, 0.1) is 0 Å². The van der Waals surface area contributed by atoms with Gasteiger partial charge in [-0.3, -0.25) is 0 Å². The van der Waals surface area contributed by atoms with Crippen LogP contribution in [0.3, 0.4) is 0 Å². The summed E-state index contributed by atoms with van der Waals surface area (Å²) in [7, 11) is 0. The molecule has 0 saturated carbocycles. The minimum Gasteiger partial charge on any atom is -0.314 e. The maximum Gasteiger partial charge on any atom is 0.0175 e. The van der Waals surface area contributed by atoms with Gasteiger partial charge in [0.2, 0.25) is 0 Å². The van der Waals surface area contributed by atoms with Crippen LogP contribution < -0.4 is 5.32 Å². The van der Waals surface area contributed by atoms with Crippen molar-refractivity contribution in [2.75, 3.05) is 6.54 Å². The standard InChI is InChI=1S/C15H20BrN/c1-12(11-15-4-2-3-9-17-15)10-13-5-7-14(16)8-6-13/h5-8,10,15,17H,2-4,9,11H2,1H3/b12-10-. The number of benzene rings is 1. The summed E-state index contributed by atoms with van der Waals surface area (Å²) in [5.41, 5.74) is 2.76. The summed E-state index contributed by atoms with van der Waals surface area (Å²) in [4.78, 5) is 0. The number of nitrogens with one attached hydrogen (secondary N) is 1. The Morgan fingerprint density at radius 1 is 1.35 bits per heavy atom. The largest absolute Gasteiger partial charge is 0.314 e. The summed E-state index contributed by atoms with van der Waals surface area (Å²) in [6.45, 7) is 3.43. The number of hydrogen-bond donors (Lipinski definition) is 1. The summed E-state index contributed by atoms with van der Waals surface area (Å²) in [5, 5.41) is 3.60. The number of halogens is 1. The molecule has 1 aromatic rings. The van der Waals surface area contributed by atoms with Crippen LogP contribution in [0.25, 0.3) is 6.08 Å². The fourth-order valence-corrected chi connectivity index (χ4v) is 2.65. The molecule has 2 rings (SSSR count). The first kappa shape index (κ1) is 12.8. The Balaban J connectivity index is 1.93. The maximum absolute atomic E-state index is 3.60. The van der Waals surface area contributed by atoms with Gasteiger partial charge in [-0.1, -0.05) is 46.1 Å². The zero-order valence-electron chi connectivity index (χ0n) is 10.4. The third-order valence-electron chi connectivity index (χ3n) is 3.26. The molecule has 92 valence electrons. The zero-order chi connectivity index (χ0) is 12.1. The van der Waals surface area contributed by atoms with Crippen molar-refractivity contribution < 1.29 is 0 Å². The Morgan fingerprint density at radius 2 is 2.12 bits per heavy atom. The highest BCUT2D eigenvalue weighted by atomic mass is 79.9. The van der Waals surface area contributed by atoms with Crippen LogP contribution in [0.2, 0.25) is 0 Å². The smallest absolute Gasteiger partial charge is 0.0175 e. The predicted molar refractivity (Wildman–Crippen MR) is 78.1 cm³/mol. The van der Waals surface area contributed by atoms with Gasteiger partial charge in [0.25, 0.3) is 0 Å². The molecule has 0 amide bonds. The van der Waals surface area contributed by atoms with Crippen LogP contribution in [0.1, 0.15) is 38.2 Å². The second kappa shape index (κ2) is 6.36. The molecule has 1 heterocycles. The average Bonchev–Trinajstić information content (AvgIpc) is 2.33. The molecule has 0 spiro atoms. The van der Waals surface area contributed by atoms with E-state index in [1.165, 1.54) is 43.4 Å². The summed E-state index contributed by atoms with van der Waals surface area (Å²) < 4.78 is 1.14. The fraction of sp³-hybridized carbons (Fsp3) is 0.467. The fourth-order valence-electron chi connectivity index (χ4n) is 2.39. The van der Waals surface area contributed by atoms with E-state index >= 15 is 0 Å². The topological polar surface area (TPSA) is 12.0 Å². The van der Waals surface area contributed by atoms with Crippen LogP contribution in [-0.4, -0.2) is 12.6 Å². The first-order valence-electron chi connectivity index (χ1n) is 6.40. The molecule has 2 heteroatoms. The molecule has 1 atom stereocenters. The van der Waals surface area contributed by atoms with Gasteiger partial charge in [0.1, 0.15) is 0 Å². The van der Waals surface area contributed by atoms with Crippen molar-refractivity contribution in [1.82, 2.24) is 5.32 Å². The van der Waals surface area contributed by atoms with E-state index in [0.717, 1.165) is 4.47 Å². The second-order valence-corrected chi connectivity index (χ2v) is 5.81. The average molecular weight is 294 g/mol. The first-order valence-corrected chi connectivity index (χ1v) is 7.19. The highest BCUT2D eigenvalue weighted by Crippen LogP contribution is 2.18. The van der Waals surface area contributed by atoms with Crippen LogP contribution in [0.15, 0.2) is 34.3 Å². The molecule has 17 heavy (non-hydrogen) atoms. The first-order chi connectivity index (χ1) is 8.24. The number of rotatable bonds is 3. The van der Waals surface area contributed by atoms with Crippen LogP contribution >= 0.6 is 15.9 Å². The van der Waals surface area contributed by atoms with Crippen LogP contribution in [0.5, 0.6) is 0 Å². The van der Waals surface area contributed by atoms with Gasteiger partial charge < -0.3 is 5.32 Å². The van der Waals surface area contributed by atoms with Crippen molar-refractivity contribution >= 4 is 22.0 Å². The molecule has 0 aliphatic carbocycles.